The zero-order valence-electron chi connectivity index (χ0n) is 21.2. The van der Waals surface area contributed by atoms with Gasteiger partial charge in [-0.1, -0.05) is 52.7 Å². The number of carbonyl (C=O) groups excluding carboxylic acids is 1. The number of hydrogen-bond acceptors (Lipinski definition) is 2. The van der Waals surface area contributed by atoms with Gasteiger partial charge in [0.05, 0.1) is 12.0 Å². The van der Waals surface area contributed by atoms with Gasteiger partial charge in [0.15, 0.2) is 0 Å². The van der Waals surface area contributed by atoms with Crippen LogP contribution in [0.1, 0.15) is 84.3 Å². The van der Waals surface area contributed by atoms with Gasteiger partial charge in [-0.15, -0.1) is 0 Å². The van der Waals surface area contributed by atoms with Gasteiger partial charge < -0.3 is 4.74 Å². The number of alkyl halides is 3. The number of ether oxygens (including phenoxy) is 1. The van der Waals surface area contributed by atoms with Crippen LogP contribution in [0, 0.1) is 0 Å². The van der Waals surface area contributed by atoms with Crippen LogP contribution in [0.15, 0.2) is 70.9 Å². The van der Waals surface area contributed by atoms with Crippen LogP contribution in [0.4, 0.5) is 13.2 Å². The number of allylic oxidation sites excluding steroid dienone is 7. The maximum Gasteiger partial charge on any atom is 0.416 e. The van der Waals surface area contributed by atoms with Gasteiger partial charge in [0.25, 0.3) is 0 Å². The molecule has 1 rings (SSSR count). The maximum absolute atomic E-state index is 12.6. The summed E-state index contributed by atoms with van der Waals surface area (Å²) in [6, 6.07) is 4.57. The van der Waals surface area contributed by atoms with Gasteiger partial charge in [-0.2, -0.15) is 13.2 Å². The molecule has 0 aliphatic heterocycles. The van der Waals surface area contributed by atoms with Gasteiger partial charge in [-0.3, -0.25) is 4.79 Å². The van der Waals surface area contributed by atoms with Crippen molar-refractivity contribution in [3.63, 3.8) is 0 Å². The molecule has 1 aromatic carbocycles. The average Bonchev–Trinajstić information content (AvgIpc) is 2.73. The summed E-state index contributed by atoms with van der Waals surface area (Å²) in [6.07, 6.45) is 10.5. The van der Waals surface area contributed by atoms with Crippen molar-refractivity contribution in [1.82, 2.24) is 0 Å². The molecule has 0 aliphatic rings. The van der Waals surface area contributed by atoms with Crippen molar-refractivity contribution in [3.05, 3.63) is 82.0 Å². The van der Waals surface area contributed by atoms with E-state index in [1.54, 1.807) is 0 Å². The molecule has 0 radical (unpaired) electrons. The summed E-state index contributed by atoms with van der Waals surface area (Å²) in [6.45, 7) is 10.8. The fourth-order valence-electron chi connectivity index (χ4n) is 3.29. The minimum atomic E-state index is -4.38. The highest BCUT2D eigenvalue weighted by Crippen LogP contribution is 2.29. The van der Waals surface area contributed by atoms with Crippen LogP contribution >= 0.6 is 0 Å². The first kappa shape index (κ1) is 29.5. The predicted molar refractivity (Wildman–Crippen MR) is 135 cm³/mol. The SMILES string of the molecule is CC(C)=CCC/C(C)=C/CC/C(C)=C/CC/C(C)=C/COC(=O)Cc1ccc(C(F)(F)F)cc1. The van der Waals surface area contributed by atoms with Gasteiger partial charge in [0, 0.05) is 0 Å². The zero-order valence-corrected chi connectivity index (χ0v) is 21.2. The van der Waals surface area contributed by atoms with Crippen molar-refractivity contribution < 1.29 is 22.7 Å². The van der Waals surface area contributed by atoms with Crippen molar-refractivity contribution in [2.24, 2.45) is 0 Å². The molecule has 2 nitrogen and oxygen atoms in total. The first-order chi connectivity index (χ1) is 16.0. The molecular weight excluding hydrogens is 437 g/mol. The maximum atomic E-state index is 12.6. The van der Waals surface area contributed by atoms with E-state index in [4.69, 9.17) is 4.74 Å². The molecule has 0 saturated carbocycles. The van der Waals surface area contributed by atoms with Gasteiger partial charge in [0.1, 0.15) is 6.61 Å². The van der Waals surface area contributed by atoms with Crippen LogP contribution in [0.5, 0.6) is 0 Å². The molecule has 0 spiro atoms. The van der Waals surface area contributed by atoms with Gasteiger partial charge in [0.2, 0.25) is 0 Å². The Labute approximate surface area is 203 Å². The Morgan fingerprint density at radius 2 is 1.24 bits per heavy atom. The van der Waals surface area contributed by atoms with E-state index in [0.29, 0.717) is 5.56 Å². The van der Waals surface area contributed by atoms with Crippen LogP contribution in [-0.2, 0) is 22.1 Å². The number of carbonyl (C=O) groups is 1. The third-order valence-corrected chi connectivity index (χ3v) is 5.46. The Morgan fingerprint density at radius 3 is 1.71 bits per heavy atom. The number of benzene rings is 1. The summed E-state index contributed by atoms with van der Waals surface area (Å²) >= 11 is 0. The van der Waals surface area contributed by atoms with Crippen molar-refractivity contribution in [2.75, 3.05) is 6.61 Å². The molecule has 0 fully saturated rings. The molecule has 0 amide bonds. The molecule has 34 heavy (non-hydrogen) atoms. The number of hydrogen-bond donors (Lipinski definition) is 0. The van der Waals surface area contributed by atoms with Crippen molar-refractivity contribution >= 4 is 5.97 Å². The van der Waals surface area contributed by atoms with Crippen molar-refractivity contribution in [1.29, 1.82) is 0 Å². The van der Waals surface area contributed by atoms with E-state index in [-0.39, 0.29) is 13.0 Å². The van der Waals surface area contributed by atoms with Gasteiger partial charge >= 0.3 is 12.1 Å². The molecule has 188 valence electrons. The highest BCUT2D eigenvalue weighted by molar-refractivity contribution is 5.72. The highest BCUT2D eigenvalue weighted by Gasteiger charge is 2.29. The van der Waals surface area contributed by atoms with Crippen LogP contribution in [0.3, 0.4) is 0 Å². The first-order valence-electron chi connectivity index (χ1n) is 11.9. The van der Waals surface area contributed by atoms with Crippen LogP contribution in [-0.4, -0.2) is 12.6 Å². The Morgan fingerprint density at radius 1 is 0.765 bits per heavy atom. The summed E-state index contributed by atoms with van der Waals surface area (Å²) in [7, 11) is 0. The molecule has 0 N–H and O–H groups in total. The predicted octanol–water partition coefficient (Wildman–Crippen LogP) is 8.94. The largest absolute Gasteiger partial charge is 0.461 e. The van der Waals surface area contributed by atoms with E-state index in [0.717, 1.165) is 56.2 Å². The second kappa shape index (κ2) is 15.4. The van der Waals surface area contributed by atoms with Crippen LogP contribution in [0.2, 0.25) is 0 Å². The Hall–Kier alpha value is -2.56. The molecule has 5 heteroatoms. The fourth-order valence-corrected chi connectivity index (χ4v) is 3.29. The van der Waals surface area contributed by atoms with Crippen molar-refractivity contribution in [3.8, 4) is 0 Å². The number of halogens is 3. The zero-order chi connectivity index (χ0) is 25.6. The summed E-state index contributed by atoms with van der Waals surface area (Å²) in [5.74, 6) is -0.455. The quantitative estimate of drug-likeness (QED) is 0.210. The molecule has 0 bridgehead atoms. The monoisotopic (exact) mass is 476 g/mol. The third-order valence-electron chi connectivity index (χ3n) is 5.46. The average molecular weight is 477 g/mol. The Bertz CT molecular complexity index is 881. The molecule has 0 heterocycles. The normalized spacial score (nSPS) is 13.1. The minimum Gasteiger partial charge on any atom is -0.461 e. The van der Waals surface area contributed by atoms with E-state index in [1.807, 2.05) is 13.0 Å². The minimum absolute atomic E-state index is 0.0458. The molecular formula is C29H39F3O2. The van der Waals surface area contributed by atoms with E-state index in [9.17, 15) is 18.0 Å². The lowest BCUT2D eigenvalue weighted by Gasteiger charge is -2.07. The second-order valence-corrected chi connectivity index (χ2v) is 9.10. The lowest BCUT2D eigenvalue weighted by molar-refractivity contribution is -0.141. The van der Waals surface area contributed by atoms with Crippen LogP contribution in [0.25, 0.3) is 0 Å². The van der Waals surface area contributed by atoms with E-state index >= 15 is 0 Å². The molecule has 1 aromatic rings. The van der Waals surface area contributed by atoms with Crippen LogP contribution < -0.4 is 0 Å². The summed E-state index contributed by atoms with van der Waals surface area (Å²) in [4.78, 5) is 11.9. The third kappa shape index (κ3) is 13.9. The van der Waals surface area contributed by atoms with Gasteiger partial charge in [-0.05, 0) is 96.9 Å². The summed E-state index contributed by atoms with van der Waals surface area (Å²) < 4.78 is 43.0. The lowest BCUT2D eigenvalue weighted by Crippen LogP contribution is -2.09. The highest BCUT2D eigenvalue weighted by atomic mass is 19.4. The standard InChI is InChI=1S/C29H39F3O2/c1-22(2)9-6-10-23(3)11-7-12-24(4)13-8-14-25(5)19-20-34-28(33)21-26-15-17-27(18-16-26)29(30,31)32/h9,11,13,15-19H,6-8,10,12,14,20-21H2,1-5H3/b23-11+,24-13+,25-19+. The summed E-state index contributed by atoms with van der Waals surface area (Å²) in [5, 5.41) is 0. The van der Waals surface area contributed by atoms with E-state index in [1.165, 1.54) is 28.9 Å². The molecule has 0 aromatic heterocycles. The molecule has 0 unspecified atom stereocenters. The molecule has 0 atom stereocenters. The molecule has 0 aliphatic carbocycles. The first-order valence-corrected chi connectivity index (χ1v) is 11.9. The second-order valence-electron chi connectivity index (χ2n) is 9.10. The van der Waals surface area contributed by atoms with E-state index in [2.05, 4.69) is 45.9 Å². The Kier molecular flexibility index (Phi) is 13.3. The fraction of sp³-hybridized carbons (Fsp3) is 0.483. The number of esters is 1. The summed E-state index contributed by atoms with van der Waals surface area (Å²) in [5.41, 5.74) is 5.10. The number of rotatable bonds is 13. The Balaban J connectivity index is 2.29. The van der Waals surface area contributed by atoms with Crippen molar-refractivity contribution in [2.45, 2.75) is 85.7 Å². The lowest BCUT2D eigenvalue weighted by atomic mass is 10.0. The van der Waals surface area contributed by atoms with E-state index < -0.39 is 17.7 Å². The van der Waals surface area contributed by atoms with Gasteiger partial charge in [-0.25, -0.2) is 0 Å². The molecule has 0 saturated heterocycles. The topological polar surface area (TPSA) is 26.3 Å². The smallest absolute Gasteiger partial charge is 0.416 e.